The molecule has 96 valence electrons. The molecule has 1 aliphatic heterocycles. The molecule has 0 atom stereocenters. The van der Waals surface area contributed by atoms with Gasteiger partial charge in [-0.3, -0.25) is 4.79 Å². The number of hydrogen-bond acceptors (Lipinski definition) is 2. The molecule has 0 amide bonds. The summed E-state index contributed by atoms with van der Waals surface area (Å²) in [5, 5.41) is 0. The van der Waals surface area contributed by atoms with Gasteiger partial charge in [-0.05, 0) is 41.8 Å². The molecule has 0 bridgehead atoms. The van der Waals surface area contributed by atoms with E-state index in [1.54, 1.807) is 12.1 Å². The number of hydrogen-bond donors (Lipinski definition) is 0. The van der Waals surface area contributed by atoms with E-state index in [-0.39, 0.29) is 5.78 Å². The van der Waals surface area contributed by atoms with E-state index in [0.717, 1.165) is 16.7 Å². The normalized spacial score (nSPS) is 13.4. The highest BCUT2D eigenvalue weighted by molar-refractivity contribution is 6.10. The zero-order chi connectivity index (χ0) is 13.4. The van der Waals surface area contributed by atoms with E-state index in [9.17, 15) is 9.18 Å². The quantitative estimate of drug-likeness (QED) is 0.770. The van der Waals surface area contributed by atoms with Crippen molar-refractivity contribution in [3.8, 4) is 0 Å². The minimum absolute atomic E-state index is 0.147. The first kappa shape index (κ1) is 12.1. The van der Waals surface area contributed by atoms with Crippen LogP contribution in [0.5, 0.6) is 0 Å². The lowest BCUT2D eigenvalue weighted by molar-refractivity contribution is 0.103. The largest absolute Gasteiger partial charge is 0.372 e. The van der Waals surface area contributed by atoms with E-state index in [2.05, 4.69) is 0 Å². The summed E-state index contributed by atoms with van der Waals surface area (Å²) >= 11 is 0. The Morgan fingerprint density at radius 1 is 1.11 bits per heavy atom. The van der Waals surface area contributed by atoms with Crippen LogP contribution in [0.3, 0.4) is 0 Å². The van der Waals surface area contributed by atoms with E-state index in [4.69, 9.17) is 4.74 Å². The zero-order valence-corrected chi connectivity index (χ0v) is 10.6. The molecule has 1 heterocycles. The van der Waals surface area contributed by atoms with E-state index < -0.39 is 5.82 Å². The first-order valence-corrected chi connectivity index (χ1v) is 6.15. The average Bonchev–Trinajstić information content (AvgIpc) is 2.88. The third kappa shape index (κ3) is 2.17. The predicted molar refractivity (Wildman–Crippen MR) is 69.5 cm³/mol. The van der Waals surface area contributed by atoms with Gasteiger partial charge in [0.25, 0.3) is 0 Å². The van der Waals surface area contributed by atoms with Crippen molar-refractivity contribution in [3.63, 3.8) is 0 Å². The van der Waals surface area contributed by atoms with Crippen LogP contribution in [0.4, 0.5) is 4.39 Å². The van der Waals surface area contributed by atoms with Crippen LogP contribution >= 0.6 is 0 Å². The number of ether oxygens (including phenoxy) is 1. The molecule has 19 heavy (non-hydrogen) atoms. The Morgan fingerprint density at radius 2 is 1.89 bits per heavy atom. The number of benzene rings is 2. The maximum absolute atomic E-state index is 13.3. The van der Waals surface area contributed by atoms with Crippen LogP contribution in [-0.4, -0.2) is 5.78 Å². The van der Waals surface area contributed by atoms with Gasteiger partial charge < -0.3 is 4.74 Å². The molecule has 3 heteroatoms. The van der Waals surface area contributed by atoms with Gasteiger partial charge in [0.05, 0.1) is 13.2 Å². The molecule has 0 saturated heterocycles. The molecule has 2 nitrogen and oxygen atoms in total. The Balaban J connectivity index is 2.02. The minimum atomic E-state index is -0.390. The van der Waals surface area contributed by atoms with Crippen LogP contribution in [-0.2, 0) is 18.0 Å². The van der Waals surface area contributed by atoms with Gasteiger partial charge in [-0.2, -0.15) is 0 Å². The van der Waals surface area contributed by atoms with Crippen molar-refractivity contribution in [1.82, 2.24) is 0 Å². The van der Waals surface area contributed by atoms with Crippen LogP contribution in [0.15, 0.2) is 36.4 Å². The SMILES string of the molecule is Cc1ccc(F)cc1C(=O)c1ccc2c(c1)COC2. The van der Waals surface area contributed by atoms with E-state index in [1.165, 1.54) is 12.1 Å². The fourth-order valence-electron chi connectivity index (χ4n) is 2.31. The summed E-state index contributed by atoms with van der Waals surface area (Å²) in [5.41, 5.74) is 3.94. The van der Waals surface area contributed by atoms with Crippen LogP contribution in [0.1, 0.15) is 32.6 Å². The summed E-state index contributed by atoms with van der Waals surface area (Å²) in [6.07, 6.45) is 0. The number of aryl methyl sites for hydroxylation is 1. The lowest BCUT2D eigenvalue weighted by Crippen LogP contribution is -2.05. The Labute approximate surface area is 110 Å². The number of ketones is 1. The van der Waals surface area contributed by atoms with E-state index in [0.29, 0.717) is 24.3 Å². The molecule has 0 fully saturated rings. The summed E-state index contributed by atoms with van der Waals surface area (Å²) in [6.45, 7) is 2.95. The van der Waals surface area contributed by atoms with Crippen molar-refractivity contribution in [2.24, 2.45) is 0 Å². The van der Waals surface area contributed by atoms with Crippen molar-refractivity contribution >= 4 is 5.78 Å². The number of carbonyl (C=O) groups is 1. The van der Waals surface area contributed by atoms with Crippen molar-refractivity contribution in [2.75, 3.05) is 0 Å². The standard InChI is InChI=1S/C16H13FO2/c1-10-2-5-14(17)7-15(10)16(18)11-3-4-12-8-19-9-13(12)6-11/h2-7H,8-9H2,1H3. The lowest BCUT2D eigenvalue weighted by Gasteiger charge is -2.06. The lowest BCUT2D eigenvalue weighted by atomic mass is 9.96. The smallest absolute Gasteiger partial charge is 0.193 e. The van der Waals surface area contributed by atoms with Gasteiger partial charge in [-0.1, -0.05) is 18.2 Å². The fourth-order valence-corrected chi connectivity index (χ4v) is 2.31. The van der Waals surface area contributed by atoms with Crippen molar-refractivity contribution in [1.29, 1.82) is 0 Å². The van der Waals surface area contributed by atoms with Crippen molar-refractivity contribution in [2.45, 2.75) is 20.1 Å². The molecule has 0 aromatic heterocycles. The van der Waals surface area contributed by atoms with E-state index >= 15 is 0 Å². The summed E-state index contributed by atoms with van der Waals surface area (Å²) in [6, 6.07) is 9.81. The van der Waals surface area contributed by atoms with Gasteiger partial charge in [-0.15, -0.1) is 0 Å². The van der Waals surface area contributed by atoms with Gasteiger partial charge in [0.15, 0.2) is 5.78 Å². The summed E-state index contributed by atoms with van der Waals surface area (Å²) in [7, 11) is 0. The summed E-state index contributed by atoms with van der Waals surface area (Å²) < 4.78 is 18.6. The van der Waals surface area contributed by atoms with Gasteiger partial charge in [0.2, 0.25) is 0 Å². The van der Waals surface area contributed by atoms with Crippen molar-refractivity contribution in [3.05, 3.63) is 70.0 Å². The minimum Gasteiger partial charge on any atom is -0.372 e. The highest BCUT2D eigenvalue weighted by Gasteiger charge is 2.17. The molecule has 0 radical (unpaired) electrons. The first-order chi connectivity index (χ1) is 9.15. The molecule has 1 aliphatic rings. The van der Waals surface area contributed by atoms with Crippen LogP contribution < -0.4 is 0 Å². The fraction of sp³-hybridized carbons (Fsp3) is 0.188. The molecule has 2 aromatic carbocycles. The maximum Gasteiger partial charge on any atom is 0.193 e. The number of halogens is 1. The average molecular weight is 256 g/mol. The molecule has 0 unspecified atom stereocenters. The summed E-state index contributed by atoms with van der Waals surface area (Å²) in [5.74, 6) is -0.537. The molecule has 0 spiro atoms. The number of fused-ring (bicyclic) bond motifs is 1. The molecule has 2 aromatic rings. The van der Waals surface area contributed by atoms with Gasteiger partial charge in [0, 0.05) is 11.1 Å². The Kier molecular flexibility index (Phi) is 2.91. The number of carbonyl (C=O) groups excluding carboxylic acids is 1. The number of rotatable bonds is 2. The Hall–Kier alpha value is -2.00. The molecule has 0 saturated carbocycles. The van der Waals surface area contributed by atoms with Gasteiger partial charge in [0.1, 0.15) is 5.82 Å². The van der Waals surface area contributed by atoms with Gasteiger partial charge >= 0.3 is 0 Å². The van der Waals surface area contributed by atoms with Crippen LogP contribution in [0, 0.1) is 12.7 Å². The predicted octanol–water partition coefficient (Wildman–Crippen LogP) is 3.40. The molecular formula is C16H13FO2. The Bertz CT molecular complexity index is 662. The Morgan fingerprint density at radius 3 is 2.74 bits per heavy atom. The second-order valence-electron chi connectivity index (χ2n) is 4.76. The second-order valence-corrected chi connectivity index (χ2v) is 4.76. The maximum atomic E-state index is 13.3. The monoisotopic (exact) mass is 256 g/mol. The first-order valence-electron chi connectivity index (χ1n) is 6.15. The molecule has 0 aliphatic carbocycles. The van der Waals surface area contributed by atoms with Crippen LogP contribution in [0.2, 0.25) is 0 Å². The second kappa shape index (κ2) is 4.59. The van der Waals surface area contributed by atoms with Crippen LogP contribution in [0.25, 0.3) is 0 Å². The highest BCUT2D eigenvalue weighted by atomic mass is 19.1. The van der Waals surface area contributed by atoms with Crippen molar-refractivity contribution < 1.29 is 13.9 Å². The highest BCUT2D eigenvalue weighted by Crippen LogP contribution is 2.23. The topological polar surface area (TPSA) is 26.3 Å². The molecular weight excluding hydrogens is 243 g/mol. The molecule has 0 N–H and O–H groups in total. The third-order valence-corrected chi connectivity index (χ3v) is 3.43. The van der Waals surface area contributed by atoms with E-state index in [1.807, 2.05) is 19.1 Å². The third-order valence-electron chi connectivity index (χ3n) is 3.43. The van der Waals surface area contributed by atoms with Gasteiger partial charge in [-0.25, -0.2) is 4.39 Å². The zero-order valence-electron chi connectivity index (χ0n) is 10.6. The molecule has 3 rings (SSSR count). The summed E-state index contributed by atoms with van der Waals surface area (Å²) in [4.78, 5) is 12.4.